The predicted octanol–water partition coefficient (Wildman–Crippen LogP) is 2.07. The topological polar surface area (TPSA) is 98.2 Å². The molecule has 0 aliphatic rings. The second kappa shape index (κ2) is 9.14. The van der Waals surface area contributed by atoms with E-state index in [0.717, 1.165) is 11.3 Å². The van der Waals surface area contributed by atoms with Crippen LogP contribution in [0.25, 0.3) is 11.4 Å². The van der Waals surface area contributed by atoms with Gasteiger partial charge in [0.05, 0.1) is 13.7 Å². The fourth-order valence-corrected chi connectivity index (χ4v) is 2.56. The summed E-state index contributed by atoms with van der Waals surface area (Å²) in [5.74, 6) is 0.639. The van der Waals surface area contributed by atoms with Crippen molar-refractivity contribution in [3.8, 4) is 17.1 Å². The van der Waals surface area contributed by atoms with Gasteiger partial charge < -0.3 is 14.8 Å². The summed E-state index contributed by atoms with van der Waals surface area (Å²) < 4.78 is 12.2. The van der Waals surface area contributed by atoms with Crippen LogP contribution in [-0.2, 0) is 20.9 Å². The monoisotopic (exact) mass is 378 g/mol. The van der Waals surface area contributed by atoms with Crippen molar-refractivity contribution >= 4 is 24.1 Å². The fourth-order valence-electron chi connectivity index (χ4n) is 2.34. The third-order valence-corrected chi connectivity index (χ3v) is 4.00. The number of nitrogens with one attached hydrogen (secondary N) is 2. The lowest BCUT2D eigenvalue weighted by Crippen LogP contribution is -2.39. The first-order valence-corrected chi connectivity index (χ1v) is 8.62. The summed E-state index contributed by atoms with van der Waals surface area (Å²) in [6, 6.07) is 6.68. The number of hydrogen-bond acceptors (Lipinski definition) is 6. The number of nitrogens with zero attached hydrogens (tertiary/aromatic N) is 2. The Morgan fingerprint density at radius 2 is 2.04 bits per heavy atom. The summed E-state index contributed by atoms with van der Waals surface area (Å²) in [7, 11) is 1.60. The molecule has 2 N–H and O–H groups in total. The van der Waals surface area contributed by atoms with Gasteiger partial charge in [0, 0.05) is 18.5 Å². The number of ether oxygens (including phenoxy) is 2. The Kier molecular flexibility index (Phi) is 6.90. The highest BCUT2D eigenvalue weighted by atomic mass is 32.1. The summed E-state index contributed by atoms with van der Waals surface area (Å²) in [6.07, 6.45) is 0.154. The minimum atomic E-state index is -0.694. The molecule has 1 aromatic heterocycles. The van der Waals surface area contributed by atoms with E-state index < -0.39 is 12.0 Å². The summed E-state index contributed by atoms with van der Waals surface area (Å²) in [6.45, 7) is 3.91. The van der Waals surface area contributed by atoms with Gasteiger partial charge in [0.15, 0.2) is 10.6 Å². The highest BCUT2D eigenvalue weighted by Crippen LogP contribution is 2.21. The third-order valence-electron chi connectivity index (χ3n) is 3.69. The Morgan fingerprint density at radius 1 is 1.35 bits per heavy atom. The third kappa shape index (κ3) is 4.92. The summed E-state index contributed by atoms with van der Waals surface area (Å²) in [5.41, 5.74) is 0.846. The molecule has 9 heteroatoms. The highest BCUT2D eigenvalue weighted by molar-refractivity contribution is 7.71. The molecule has 1 atom stereocenters. The maximum absolute atomic E-state index is 12.1. The van der Waals surface area contributed by atoms with Crippen molar-refractivity contribution in [1.29, 1.82) is 0 Å². The molecule has 1 amide bonds. The molecule has 0 spiro atoms. The lowest BCUT2D eigenvalue weighted by molar-refractivity contribution is -0.146. The first kappa shape index (κ1) is 19.6. The molecule has 140 valence electrons. The van der Waals surface area contributed by atoms with E-state index in [9.17, 15) is 9.59 Å². The van der Waals surface area contributed by atoms with E-state index in [1.807, 2.05) is 24.3 Å². The summed E-state index contributed by atoms with van der Waals surface area (Å²) in [5, 5.41) is 9.59. The average Bonchev–Trinajstić information content (AvgIpc) is 3.00. The van der Waals surface area contributed by atoms with Gasteiger partial charge >= 0.3 is 5.97 Å². The van der Waals surface area contributed by atoms with Crippen LogP contribution in [0, 0.1) is 4.77 Å². The highest BCUT2D eigenvalue weighted by Gasteiger charge is 2.17. The van der Waals surface area contributed by atoms with E-state index in [4.69, 9.17) is 21.7 Å². The van der Waals surface area contributed by atoms with Crippen LogP contribution in [0.2, 0.25) is 0 Å². The molecule has 2 aromatic rings. The number of esters is 1. The van der Waals surface area contributed by atoms with E-state index in [0.29, 0.717) is 17.1 Å². The number of aromatic nitrogens is 3. The first-order valence-electron chi connectivity index (χ1n) is 8.21. The molecule has 1 aromatic carbocycles. The molecule has 0 saturated carbocycles. The Balaban J connectivity index is 2.03. The molecule has 1 unspecified atom stereocenters. The van der Waals surface area contributed by atoms with E-state index in [-0.39, 0.29) is 18.9 Å². The van der Waals surface area contributed by atoms with Crippen LogP contribution in [0.3, 0.4) is 0 Å². The van der Waals surface area contributed by atoms with Crippen LogP contribution in [0.1, 0.15) is 20.3 Å². The molecular weight excluding hydrogens is 356 g/mol. The zero-order valence-electron chi connectivity index (χ0n) is 14.9. The van der Waals surface area contributed by atoms with Crippen LogP contribution in [0.15, 0.2) is 24.3 Å². The normalized spacial score (nSPS) is 11.7. The average molecular weight is 378 g/mol. The van der Waals surface area contributed by atoms with Gasteiger partial charge in [-0.05, 0) is 50.3 Å². The SMILES string of the molecule is CCOC(=O)C(C)NC(=O)CCn1c(-c2ccc(OC)cc2)n[nH]c1=S. The van der Waals surface area contributed by atoms with Crippen LogP contribution in [-0.4, -0.2) is 46.4 Å². The van der Waals surface area contributed by atoms with E-state index in [1.165, 1.54) is 0 Å². The van der Waals surface area contributed by atoms with Crippen molar-refractivity contribution in [2.45, 2.75) is 32.9 Å². The van der Waals surface area contributed by atoms with Crippen molar-refractivity contribution in [2.24, 2.45) is 0 Å². The second-order valence-corrected chi connectivity index (χ2v) is 5.91. The lowest BCUT2D eigenvalue weighted by atomic mass is 10.2. The molecule has 8 nitrogen and oxygen atoms in total. The maximum Gasteiger partial charge on any atom is 0.328 e. The molecule has 0 aliphatic carbocycles. The van der Waals surface area contributed by atoms with Crippen molar-refractivity contribution in [3.63, 3.8) is 0 Å². The van der Waals surface area contributed by atoms with Crippen LogP contribution in [0.5, 0.6) is 5.75 Å². The summed E-state index contributed by atoms with van der Waals surface area (Å²) in [4.78, 5) is 23.7. The second-order valence-electron chi connectivity index (χ2n) is 5.52. The van der Waals surface area contributed by atoms with Gasteiger partial charge in [-0.15, -0.1) is 0 Å². The van der Waals surface area contributed by atoms with Gasteiger partial charge in [-0.2, -0.15) is 5.10 Å². The molecule has 0 bridgehead atoms. The van der Waals surface area contributed by atoms with Crippen LogP contribution in [0.4, 0.5) is 0 Å². The number of methoxy groups -OCH3 is 1. The number of benzene rings is 1. The van der Waals surface area contributed by atoms with Gasteiger partial charge in [0.2, 0.25) is 5.91 Å². The van der Waals surface area contributed by atoms with Gasteiger partial charge in [-0.3, -0.25) is 14.5 Å². The van der Waals surface area contributed by atoms with Crippen molar-refractivity contribution < 1.29 is 19.1 Å². The largest absolute Gasteiger partial charge is 0.497 e. The maximum atomic E-state index is 12.1. The van der Waals surface area contributed by atoms with Crippen LogP contribution < -0.4 is 10.1 Å². The smallest absolute Gasteiger partial charge is 0.328 e. The van der Waals surface area contributed by atoms with Gasteiger partial charge in [0.25, 0.3) is 0 Å². The number of carbonyl (C=O) groups is 2. The number of carbonyl (C=O) groups excluding carboxylic acids is 2. The molecule has 0 saturated heterocycles. The van der Waals surface area contributed by atoms with Crippen LogP contribution >= 0.6 is 12.2 Å². The first-order chi connectivity index (χ1) is 12.5. The summed E-state index contributed by atoms with van der Waals surface area (Å²) >= 11 is 5.25. The molecule has 0 radical (unpaired) electrons. The fraction of sp³-hybridized carbons (Fsp3) is 0.412. The Labute approximate surface area is 156 Å². The van der Waals surface area contributed by atoms with E-state index in [1.54, 1.807) is 25.5 Å². The molecule has 2 rings (SSSR count). The minimum absolute atomic E-state index is 0.154. The zero-order chi connectivity index (χ0) is 19.1. The molecule has 0 fully saturated rings. The van der Waals surface area contributed by atoms with Gasteiger partial charge in [0.1, 0.15) is 11.8 Å². The van der Waals surface area contributed by atoms with Gasteiger partial charge in [-0.25, -0.2) is 4.79 Å². The number of amides is 1. The molecule has 26 heavy (non-hydrogen) atoms. The van der Waals surface area contributed by atoms with Crippen molar-refractivity contribution in [3.05, 3.63) is 29.0 Å². The minimum Gasteiger partial charge on any atom is -0.497 e. The predicted molar refractivity (Wildman–Crippen MR) is 98.3 cm³/mol. The van der Waals surface area contributed by atoms with Gasteiger partial charge in [-0.1, -0.05) is 0 Å². The van der Waals surface area contributed by atoms with E-state index in [2.05, 4.69) is 15.5 Å². The van der Waals surface area contributed by atoms with Crippen molar-refractivity contribution in [2.75, 3.05) is 13.7 Å². The quantitative estimate of drug-likeness (QED) is 0.539. The standard InChI is InChI=1S/C17H22N4O4S/c1-4-25-16(23)11(2)18-14(22)9-10-21-15(19-20-17(21)26)12-5-7-13(24-3)8-6-12/h5-8,11H,4,9-10H2,1-3H3,(H,18,22)(H,20,26). The lowest BCUT2D eigenvalue weighted by Gasteiger charge is -2.13. The number of hydrogen-bond donors (Lipinski definition) is 2. The number of H-pyrrole nitrogens is 1. The molecular formula is C17H22N4O4S. The van der Waals surface area contributed by atoms with E-state index >= 15 is 0 Å². The molecule has 1 heterocycles. The Morgan fingerprint density at radius 3 is 2.65 bits per heavy atom. The number of aromatic amines is 1. The Hall–Kier alpha value is -2.68. The number of rotatable bonds is 8. The zero-order valence-corrected chi connectivity index (χ0v) is 15.8. The molecule has 0 aliphatic heterocycles. The van der Waals surface area contributed by atoms with Crippen molar-refractivity contribution in [1.82, 2.24) is 20.1 Å². The Bertz CT molecular complexity index is 813.